The van der Waals surface area contributed by atoms with Crippen molar-refractivity contribution in [2.75, 3.05) is 20.3 Å². The fourth-order valence-corrected chi connectivity index (χ4v) is 6.39. The van der Waals surface area contributed by atoms with Crippen LogP contribution in [-0.2, 0) is 19.1 Å². The fraction of sp³-hybridized carbons (Fsp3) is 0.333. The number of ether oxygens (including phenoxy) is 4. The molecule has 0 radical (unpaired) electrons. The molecular formula is C30H29BrN2O8. The maximum atomic E-state index is 14.0. The molecule has 5 rings (SSSR count). The first-order valence-corrected chi connectivity index (χ1v) is 14.0. The van der Waals surface area contributed by atoms with Crippen molar-refractivity contribution in [2.24, 2.45) is 0 Å². The molecule has 41 heavy (non-hydrogen) atoms. The number of halogens is 1. The molecule has 11 heteroatoms. The van der Waals surface area contributed by atoms with E-state index in [2.05, 4.69) is 21.2 Å². The van der Waals surface area contributed by atoms with E-state index in [1.807, 2.05) is 0 Å². The van der Waals surface area contributed by atoms with E-state index < -0.39 is 46.0 Å². The van der Waals surface area contributed by atoms with Crippen LogP contribution in [-0.4, -0.2) is 48.3 Å². The Labute approximate surface area is 245 Å². The van der Waals surface area contributed by atoms with Gasteiger partial charge in [-0.25, -0.2) is 9.59 Å². The van der Waals surface area contributed by atoms with Crippen LogP contribution in [0.3, 0.4) is 0 Å². The second-order valence-electron chi connectivity index (χ2n) is 9.77. The first kappa shape index (κ1) is 28.6. The number of hydrogen-bond acceptors (Lipinski definition) is 9. The van der Waals surface area contributed by atoms with Gasteiger partial charge in [-0.15, -0.1) is 0 Å². The molecule has 1 saturated heterocycles. The minimum atomic E-state index is -2.28. The zero-order valence-electron chi connectivity index (χ0n) is 22.7. The summed E-state index contributed by atoms with van der Waals surface area (Å²) >= 11 is 3.43. The number of nitro groups is 1. The molecule has 214 valence electrons. The van der Waals surface area contributed by atoms with Gasteiger partial charge in [-0.05, 0) is 43.2 Å². The van der Waals surface area contributed by atoms with Crippen molar-refractivity contribution >= 4 is 27.9 Å². The molecule has 0 unspecified atom stereocenters. The largest absolute Gasteiger partial charge is 0.497 e. The second kappa shape index (κ2) is 11.1. The maximum absolute atomic E-state index is 14.0. The smallest absolute Gasteiger partial charge is 0.339 e. The summed E-state index contributed by atoms with van der Waals surface area (Å²) in [6, 6.07) is 19.3. The van der Waals surface area contributed by atoms with Crippen molar-refractivity contribution < 1.29 is 33.5 Å². The number of nitrogens with zero attached hydrogens (tertiary/aromatic N) is 1. The normalized spacial score (nSPS) is 23.9. The van der Waals surface area contributed by atoms with Crippen molar-refractivity contribution in [3.8, 4) is 11.5 Å². The molecule has 0 spiro atoms. The van der Waals surface area contributed by atoms with Crippen LogP contribution in [0.4, 0.5) is 0 Å². The molecule has 2 aliphatic heterocycles. The van der Waals surface area contributed by atoms with Crippen LogP contribution in [0, 0.1) is 10.1 Å². The van der Waals surface area contributed by atoms with Crippen LogP contribution in [0.2, 0.25) is 0 Å². The summed E-state index contributed by atoms with van der Waals surface area (Å²) in [5, 5.41) is 16.8. The van der Waals surface area contributed by atoms with E-state index in [1.165, 1.54) is 7.11 Å². The lowest BCUT2D eigenvalue weighted by Gasteiger charge is -2.43. The third kappa shape index (κ3) is 4.34. The predicted octanol–water partition coefficient (Wildman–Crippen LogP) is 4.90. The summed E-state index contributed by atoms with van der Waals surface area (Å²) in [7, 11) is 1.49. The van der Waals surface area contributed by atoms with E-state index in [4.69, 9.17) is 18.9 Å². The van der Waals surface area contributed by atoms with Crippen LogP contribution >= 0.6 is 15.9 Å². The predicted molar refractivity (Wildman–Crippen MR) is 151 cm³/mol. The maximum Gasteiger partial charge on any atom is 0.339 e. The van der Waals surface area contributed by atoms with E-state index >= 15 is 0 Å². The monoisotopic (exact) mass is 624 g/mol. The molecule has 0 saturated carbocycles. The number of fused-ring (bicyclic) bond motifs is 3. The summed E-state index contributed by atoms with van der Waals surface area (Å²) in [5.41, 5.74) is -3.14. The molecule has 0 aliphatic carbocycles. The number of benzene rings is 3. The van der Waals surface area contributed by atoms with E-state index in [1.54, 1.807) is 86.6 Å². The Morgan fingerprint density at radius 1 is 0.976 bits per heavy atom. The first-order valence-electron chi connectivity index (χ1n) is 13.2. The Morgan fingerprint density at radius 3 is 2.17 bits per heavy atom. The quantitative estimate of drug-likeness (QED) is 0.161. The van der Waals surface area contributed by atoms with Gasteiger partial charge in [-0.2, -0.15) is 0 Å². The lowest BCUT2D eigenvalue weighted by Crippen LogP contribution is -2.63. The molecular weight excluding hydrogens is 596 g/mol. The van der Waals surface area contributed by atoms with Gasteiger partial charge in [0.25, 0.3) is 5.54 Å². The van der Waals surface area contributed by atoms with Crippen molar-refractivity contribution in [1.82, 2.24) is 5.32 Å². The van der Waals surface area contributed by atoms with E-state index in [0.29, 0.717) is 16.9 Å². The van der Waals surface area contributed by atoms with Crippen molar-refractivity contribution in [3.05, 3.63) is 104 Å². The van der Waals surface area contributed by atoms with Gasteiger partial charge in [0.05, 0.1) is 20.3 Å². The Morgan fingerprint density at radius 2 is 1.61 bits per heavy atom. The van der Waals surface area contributed by atoms with Gasteiger partial charge in [0.1, 0.15) is 23.5 Å². The minimum Gasteiger partial charge on any atom is -0.497 e. The molecule has 0 bridgehead atoms. The molecule has 1 fully saturated rings. The Balaban J connectivity index is 1.92. The van der Waals surface area contributed by atoms with E-state index in [0.717, 1.165) is 4.47 Å². The van der Waals surface area contributed by atoms with Gasteiger partial charge >= 0.3 is 11.9 Å². The number of esters is 2. The van der Waals surface area contributed by atoms with E-state index in [-0.39, 0.29) is 24.5 Å². The summed E-state index contributed by atoms with van der Waals surface area (Å²) in [6.07, 6.45) is -1.25. The van der Waals surface area contributed by atoms with Gasteiger partial charge in [0, 0.05) is 21.0 Å². The molecule has 1 N–H and O–H groups in total. The average molecular weight is 625 g/mol. The lowest BCUT2D eigenvalue weighted by molar-refractivity contribution is -0.591. The number of carbonyl (C=O) groups excluding carboxylic acids is 2. The third-order valence-electron chi connectivity index (χ3n) is 7.74. The number of methoxy groups -OCH3 is 1. The highest BCUT2D eigenvalue weighted by Crippen LogP contribution is 2.64. The molecule has 0 aromatic heterocycles. The Hall–Kier alpha value is -3.96. The zero-order valence-corrected chi connectivity index (χ0v) is 24.3. The second-order valence-corrected chi connectivity index (χ2v) is 10.7. The zero-order chi connectivity index (χ0) is 29.4. The van der Waals surface area contributed by atoms with Crippen LogP contribution < -0.4 is 14.8 Å². The number of rotatable bonds is 8. The minimum absolute atomic E-state index is 0.0576. The molecule has 2 heterocycles. The number of nitrogens with one attached hydrogen (secondary N) is 1. The van der Waals surface area contributed by atoms with E-state index in [9.17, 15) is 19.7 Å². The SMILES string of the molecule is CCOC(=O)C1(C(=O)OCC)N[C@H](c2ccccc2)[C@@]2([N+](=O)[O-])[C@H](c3ccc(Br)cc3)Oc3cc(OC)ccc3[C@@H]12. The average Bonchev–Trinajstić information content (AvgIpc) is 3.32. The molecule has 2 aliphatic rings. The topological polar surface area (TPSA) is 126 Å². The van der Waals surface area contributed by atoms with Crippen LogP contribution in [0.15, 0.2) is 77.3 Å². The van der Waals surface area contributed by atoms with Crippen LogP contribution in [0.5, 0.6) is 11.5 Å². The van der Waals surface area contributed by atoms with Crippen LogP contribution in [0.1, 0.15) is 48.6 Å². The Bertz CT molecular complexity index is 1450. The standard InChI is InChI=1S/C30H29BrN2O8/c1-4-39-27(34)29(28(35)40-5-2)24-22-16-15-21(38-3)17-23(22)41-26(19-11-13-20(31)14-12-19)30(24,33(36)37)25(32-29)18-9-7-6-8-10-18/h6-17,24-26,32H,4-5H2,1-3H3/t24-,25+,26-,30+/m0/s1. The van der Waals surface area contributed by atoms with Crippen molar-refractivity contribution in [1.29, 1.82) is 0 Å². The lowest BCUT2D eigenvalue weighted by atomic mass is 9.63. The van der Waals surface area contributed by atoms with Crippen molar-refractivity contribution in [3.63, 3.8) is 0 Å². The Kier molecular flexibility index (Phi) is 7.76. The molecule has 0 amide bonds. The highest BCUT2D eigenvalue weighted by Gasteiger charge is 2.82. The summed E-state index contributed by atoms with van der Waals surface area (Å²) in [5.74, 6) is -2.65. The van der Waals surface area contributed by atoms with Gasteiger partial charge < -0.3 is 18.9 Å². The van der Waals surface area contributed by atoms with Gasteiger partial charge in [-0.1, -0.05) is 64.5 Å². The first-order chi connectivity index (χ1) is 19.7. The highest BCUT2D eigenvalue weighted by molar-refractivity contribution is 9.10. The third-order valence-corrected chi connectivity index (χ3v) is 8.27. The number of carbonyl (C=O) groups is 2. The molecule has 3 aromatic rings. The van der Waals surface area contributed by atoms with Crippen LogP contribution in [0.25, 0.3) is 0 Å². The fourth-order valence-electron chi connectivity index (χ4n) is 6.13. The molecule has 10 nitrogen and oxygen atoms in total. The molecule has 3 aromatic carbocycles. The summed E-state index contributed by atoms with van der Waals surface area (Å²) < 4.78 is 23.7. The summed E-state index contributed by atoms with van der Waals surface area (Å²) in [6.45, 7) is 3.10. The summed E-state index contributed by atoms with van der Waals surface area (Å²) in [4.78, 5) is 41.3. The van der Waals surface area contributed by atoms with Gasteiger partial charge in [0.15, 0.2) is 6.10 Å². The van der Waals surface area contributed by atoms with Crippen molar-refractivity contribution in [2.45, 2.75) is 43.0 Å². The van der Waals surface area contributed by atoms with Gasteiger partial charge in [-0.3, -0.25) is 15.4 Å². The number of hydrogen-bond donors (Lipinski definition) is 1. The molecule has 4 atom stereocenters. The highest BCUT2D eigenvalue weighted by atomic mass is 79.9. The van der Waals surface area contributed by atoms with Gasteiger partial charge in [0.2, 0.25) is 5.54 Å².